The lowest BCUT2D eigenvalue weighted by Crippen LogP contribution is -2.39. The van der Waals surface area contributed by atoms with Crippen LogP contribution in [0.25, 0.3) is 0 Å². The molecule has 1 amide bonds. The number of hydrogen-bond donors (Lipinski definition) is 1. The van der Waals surface area contributed by atoms with Crippen molar-refractivity contribution in [1.82, 2.24) is 15.1 Å². The molecule has 2 aliphatic rings. The van der Waals surface area contributed by atoms with Crippen molar-refractivity contribution in [2.75, 3.05) is 13.1 Å². The fraction of sp³-hybridized carbons (Fsp3) is 0.474. The third kappa shape index (κ3) is 2.90. The fourth-order valence-electron chi connectivity index (χ4n) is 3.93. The molecule has 2 aromatic rings. The van der Waals surface area contributed by atoms with Gasteiger partial charge in [-0.25, -0.2) is 0 Å². The van der Waals surface area contributed by atoms with Gasteiger partial charge < -0.3 is 4.90 Å². The first-order valence-electron chi connectivity index (χ1n) is 8.70. The summed E-state index contributed by atoms with van der Waals surface area (Å²) in [5, 5.41) is 7.33. The highest BCUT2D eigenvalue weighted by Crippen LogP contribution is 2.26. The van der Waals surface area contributed by atoms with Gasteiger partial charge in [0.05, 0.1) is 0 Å². The van der Waals surface area contributed by atoms with Crippen LogP contribution in [0.5, 0.6) is 0 Å². The van der Waals surface area contributed by atoms with Crippen LogP contribution < -0.4 is 0 Å². The number of aromatic amines is 1. The van der Waals surface area contributed by atoms with E-state index in [0.717, 1.165) is 51.6 Å². The number of nitrogens with one attached hydrogen (secondary N) is 1. The summed E-state index contributed by atoms with van der Waals surface area (Å²) in [6, 6.07) is 10.7. The van der Waals surface area contributed by atoms with Crippen LogP contribution >= 0.6 is 0 Å². The van der Waals surface area contributed by atoms with Crippen LogP contribution in [0.3, 0.4) is 0 Å². The number of aromatic nitrogens is 2. The van der Waals surface area contributed by atoms with Crippen LogP contribution in [0.15, 0.2) is 30.3 Å². The number of hydrogen-bond acceptors (Lipinski definition) is 2. The number of rotatable bonds is 3. The third-order valence-electron chi connectivity index (χ3n) is 5.28. The lowest BCUT2D eigenvalue weighted by atomic mass is 9.90. The molecule has 1 aliphatic carbocycles. The molecule has 1 aromatic heterocycles. The number of amides is 1. The second-order valence-electron chi connectivity index (χ2n) is 6.81. The first-order valence-corrected chi connectivity index (χ1v) is 8.70. The van der Waals surface area contributed by atoms with E-state index in [0.29, 0.717) is 11.6 Å². The zero-order chi connectivity index (χ0) is 15.6. The van der Waals surface area contributed by atoms with Gasteiger partial charge >= 0.3 is 0 Å². The van der Waals surface area contributed by atoms with Crippen molar-refractivity contribution in [3.63, 3.8) is 0 Å². The minimum Gasteiger partial charge on any atom is -0.337 e. The van der Waals surface area contributed by atoms with Gasteiger partial charge in [-0.15, -0.1) is 0 Å². The monoisotopic (exact) mass is 309 g/mol. The molecule has 1 N–H and O–H groups in total. The Bertz CT molecular complexity index is 684. The van der Waals surface area contributed by atoms with Crippen molar-refractivity contribution < 1.29 is 4.79 Å². The number of H-pyrrole nitrogens is 1. The summed E-state index contributed by atoms with van der Waals surface area (Å²) >= 11 is 0. The molecular formula is C19H23N3O. The van der Waals surface area contributed by atoms with Gasteiger partial charge in [0.15, 0.2) is 5.69 Å². The van der Waals surface area contributed by atoms with Crippen LogP contribution in [0.2, 0.25) is 0 Å². The first kappa shape index (κ1) is 14.5. The lowest BCUT2D eigenvalue weighted by molar-refractivity contribution is 0.0683. The highest BCUT2D eigenvalue weighted by Gasteiger charge is 2.29. The SMILES string of the molecule is O=C(c1n[nH]c2c1CCC2)N1CCC(Cc2ccccc2)CC1. The van der Waals surface area contributed by atoms with Gasteiger partial charge in [-0.3, -0.25) is 9.89 Å². The van der Waals surface area contributed by atoms with Crippen molar-refractivity contribution in [2.24, 2.45) is 5.92 Å². The maximum atomic E-state index is 12.7. The summed E-state index contributed by atoms with van der Waals surface area (Å²) in [4.78, 5) is 14.7. The Hall–Kier alpha value is -2.10. The third-order valence-corrected chi connectivity index (χ3v) is 5.28. The molecule has 1 aliphatic heterocycles. The molecule has 120 valence electrons. The van der Waals surface area contributed by atoms with Crippen LogP contribution in [-0.2, 0) is 19.3 Å². The summed E-state index contributed by atoms with van der Waals surface area (Å²) in [7, 11) is 0. The fourth-order valence-corrected chi connectivity index (χ4v) is 3.93. The van der Waals surface area contributed by atoms with Gasteiger partial charge in [0.2, 0.25) is 0 Å². The van der Waals surface area contributed by atoms with Crippen LogP contribution in [0, 0.1) is 5.92 Å². The first-order chi connectivity index (χ1) is 11.3. The molecule has 4 heteroatoms. The van der Waals surface area contributed by atoms with Gasteiger partial charge in [0, 0.05) is 24.3 Å². The summed E-state index contributed by atoms with van der Waals surface area (Å²) < 4.78 is 0. The van der Waals surface area contributed by atoms with E-state index >= 15 is 0 Å². The van der Waals surface area contributed by atoms with Crippen molar-refractivity contribution in [3.8, 4) is 0 Å². The number of aryl methyl sites for hydroxylation is 1. The Labute approximate surface area is 136 Å². The molecule has 4 rings (SSSR count). The number of carbonyl (C=O) groups excluding carboxylic acids is 1. The molecule has 0 bridgehead atoms. The van der Waals surface area contributed by atoms with E-state index in [9.17, 15) is 4.79 Å². The summed E-state index contributed by atoms with van der Waals surface area (Å²) in [5.41, 5.74) is 4.43. The van der Waals surface area contributed by atoms with Gasteiger partial charge in [-0.05, 0) is 50.0 Å². The van der Waals surface area contributed by atoms with Crippen LogP contribution in [-0.4, -0.2) is 34.1 Å². The molecule has 1 fully saturated rings. The zero-order valence-corrected chi connectivity index (χ0v) is 13.4. The molecular weight excluding hydrogens is 286 g/mol. The zero-order valence-electron chi connectivity index (χ0n) is 13.4. The van der Waals surface area contributed by atoms with E-state index in [4.69, 9.17) is 0 Å². The number of nitrogens with zero attached hydrogens (tertiary/aromatic N) is 2. The van der Waals surface area contributed by atoms with Gasteiger partial charge in [0.25, 0.3) is 5.91 Å². The molecule has 23 heavy (non-hydrogen) atoms. The van der Waals surface area contributed by atoms with Crippen molar-refractivity contribution in [2.45, 2.75) is 38.5 Å². The van der Waals surface area contributed by atoms with Gasteiger partial charge in [0.1, 0.15) is 0 Å². The molecule has 0 unspecified atom stereocenters. The van der Waals surface area contributed by atoms with E-state index in [1.807, 2.05) is 4.90 Å². The Morgan fingerprint density at radius 3 is 2.74 bits per heavy atom. The molecule has 0 atom stereocenters. The maximum absolute atomic E-state index is 12.7. The predicted octanol–water partition coefficient (Wildman–Crippen LogP) is 2.99. The number of carbonyl (C=O) groups is 1. The van der Waals surface area contributed by atoms with Crippen LogP contribution in [0.1, 0.15) is 46.6 Å². The molecule has 4 nitrogen and oxygen atoms in total. The molecule has 0 radical (unpaired) electrons. The number of benzene rings is 1. The van der Waals surface area contributed by atoms with Gasteiger partial charge in [-0.1, -0.05) is 30.3 Å². The van der Waals surface area contributed by atoms with Gasteiger partial charge in [-0.2, -0.15) is 5.10 Å². The summed E-state index contributed by atoms with van der Waals surface area (Å²) in [5.74, 6) is 0.814. The molecule has 0 saturated carbocycles. The van der Waals surface area contributed by atoms with E-state index in [1.54, 1.807) is 0 Å². The highest BCUT2D eigenvalue weighted by molar-refractivity contribution is 5.94. The molecule has 2 heterocycles. The Morgan fingerprint density at radius 2 is 1.96 bits per heavy atom. The summed E-state index contributed by atoms with van der Waals surface area (Å²) in [6.45, 7) is 1.72. The second-order valence-corrected chi connectivity index (χ2v) is 6.81. The lowest BCUT2D eigenvalue weighted by Gasteiger charge is -2.31. The van der Waals surface area contributed by atoms with Crippen molar-refractivity contribution >= 4 is 5.91 Å². The average Bonchev–Trinajstić information content (AvgIpc) is 3.19. The van der Waals surface area contributed by atoms with Crippen molar-refractivity contribution in [3.05, 3.63) is 52.8 Å². The number of piperidine rings is 1. The van der Waals surface area contributed by atoms with E-state index in [-0.39, 0.29) is 5.91 Å². The number of likely N-dealkylation sites (tertiary alicyclic amines) is 1. The van der Waals surface area contributed by atoms with Crippen molar-refractivity contribution in [1.29, 1.82) is 0 Å². The van der Waals surface area contributed by atoms with E-state index < -0.39 is 0 Å². The molecule has 1 aromatic carbocycles. The quantitative estimate of drug-likeness (QED) is 0.947. The smallest absolute Gasteiger partial charge is 0.274 e. The normalized spacial score (nSPS) is 18.2. The van der Waals surface area contributed by atoms with E-state index in [2.05, 4.69) is 40.5 Å². The highest BCUT2D eigenvalue weighted by atomic mass is 16.2. The largest absolute Gasteiger partial charge is 0.337 e. The Balaban J connectivity index is 1.37. The molecule has 1 saturated heterocycles. The standard InChI is InChI=1S/C19H23N3O/c23-19(18-16-7-4-8-17(16)20-21-18)22-11-9-15(10-12-22)13-14-5-2-1-3-6-14/h1-3,5-6,15H,4,7-13H2,(H,20,21). The number of fused-ring (bicyclic) bond motifs is 1. The minimum atomic E-state index is 0.127. The average molecular weight is 309 g/mol. The Morgan fingerprint density at radius 1 is 1.17 bits per heavy atom. The predicted molar refractivity (Wildman–Crippen MR) is 89.4 cm³/mol. The molecule has 0 spiro atoms. The Kier molecular flexibility index (Phi) is 3.90. The van der Waals surface area contributed by atoms with Crippen LogP contribution in [0.4, 0.5) is 0 Å². The topological polar surface area (TPSA) is 49.0 Å². The minimum absolute atomic E-state index is 0.127. The maximum Gasteiger partial charge on any atom is 0.274 e. The summed E-state index contributed by atoms with van der Waals surface area (Å²) in [6.07, 6.45) is 6.48. The van der Waals surface area contributed by atoms with E-state index in [1.165, 1.54) is 16.8 Å². The second kappa shape index (κ2) is 6.19.